The highest BCUT2D eigenvalue weighted by molar-refractivity contribution is 7.09. The number of hydrogen-bond acceptors (Lipinski definition) is 9. The van der Waals surface area contributed by atoms with Gasteiger partial charge in [0.15, 0.2) is 5.01 Å². The van der Waals surface area contributed by atoms with Gasteiger partial charge >= 0.3 is 18.1 Å². The summed E-state index contributed by atoms with van der Waals surface area (Å²) in [4.78, 5) is 28.4. The molecule has 35 heavy (non-hydrogen) atoms. The van der Waals surface area contributed by atoms with Crippen molar-refractivity contribution in [2.45, 2.75) is 45.0 Å². The molecule has 8 nitrogen and oxygen atoms in total. The first-order valence-electron chi connectivity index (χ1n) is 10.9. The van der Waals surface area contributed by atoms with Crippen LogP contribution in [0.2, 0.25) is 0 Å². The number of halogens is 3. The van der Waals surface area contributed by atoms with Crippen molar-refractivity contribution in [1.29, 1.82) is 0 Å². The van der Waals surface area contributed by atoms with E-state index in [1.165, 1.54) is 12.5 Å². The highest BCUT2D eigenvalue weighted by Gasteiger charge is 2.35. The van der Waals surface area contributed by atoms with Crippen LogP contribution in [0.4, 0.5) is 13.2 Å². The van der Waals surface area contributed by atoms with Crippen LogP contribution in [0.15, 0.2) is 29.6 Å². The summed E-state index contributed by atoms with van der Waals surface area (Å²) in [6, 6.07) is 6.90. The molecule has 0 aliphatic carbocycles. The summed E-state index contributed by atoms with van der Waals surface area (Å²) in [5.41, 5.74) is 0.811. The molecule has 1 N–H and O–H groups in total. The van der Waals surface area contributed by atoms with Crippen LogP contribution in [0.3, 0.4) is 0 Å². The number of carbonyl (C=O) groups excluding carboxylic acids is 2. The van der Waals surface area contributed by atoms with Crippen LogP contribution in [0.25, 0.3) is 0 Å². The number of methoxy groups -OCH3 is 1. The van der Waals surface area contributed by atoms with Gasteiger partial charge in [0.25, 0.3) is 0 Å². The fourth-order valence-corrected chi connectivity index (χ4v) is 3.94. The van der Waals surface area contributed by atoms with Gasteiger partial charge in [0.05, 0.1) is 39.0 Å². The Hall–Kier alpha value is -2.70. The summed E-state index contributed by atoms with van der Waals surface area (Å²) in [5, 5.41) is 10.7. The summed E-state index contributed by atoms with van der Waals surface area (Å²) < 4.78 is 53.7. The van der Waals surface area contributed by atoms with Crippen molar-refractivity contribution >= 4 is 23.3 Å². The van der Waals surface area contributed by atoms with Crippen LogP contribution in [0.5, 0.6) is 5.75 Å². The highest BCUT2D eigenvalue weighted by atomic mass is 32.1. The highest BCUT2D eigenvalue weighted by Crippen LogP contribution is 2.33. The molecule has 1 aromatic carbocycles. The largest absolute Gasteiger partial charge is 0.493 e. The molecule has 0 aliphatic rings. The third-order valence-electron chi connectivity index (χ3n) is 5.03. The van der Waals surface area contributed by atoms with Gasteiger partial charge in [0.2, 0.25) is 0 Å². The van der Waals surface area contributed by atoms with Crippen LogP contribution in [0.1, 0.15) is 42.6 Å². The molecule has 2 atom stereocenters. The van der Waals surface area contributed by atoms with E-state index in [1.807, 2.05) is 19.1 Å². The SMILES string of the molecule is CCOC(=O)CN(CC(O)c1csc(C(F)(F)F)n1)C(C)Cc1ccc(OCCC(=O)OC)cc1. The predicted molar refractivity (Wildman–Crippen MR) is 122 cm³/mol. The Labute approximate surface area is 205 Å². The van der Waals surface area contributed by atoms with Crippen molar-refractivity contribution in [3.8, 4) is 5.75 Å². The Kier molecular flexibility index (Phi) is 10.9. The van der Waals surface area contributed by atoms with Crippen LogP contribution in [0, 0.1) is 0 Å². The monoisotopic (exact) mass is 518 g/mol. The van der Waals surface area contributed by atoms with E-state index in [0.29, 0.717) is 23.5 Å². The molecule has 0 radical (unpaired) electrons. The summed E-state index contributed by atoms with van der Waals surface area (Å²) in [5.74, 6) is -0.296. The fourth-order valence-electron chi connectivity index (χ4n) is 3.20. The maximum atomic E-state index is 12.9. The number of aliphatic hydroxyl groups excluding tert-OH is 1. The number of thiazole rings is 1. The lowest BCUT2D eigenvalue weighted by Crippen LogP contribution is -2.41. The number of benzene rings is 1. The first-order valence-corrected chi connectivity index (χ1v) is 11.8. The molecule has 0 aliphatic heterocycles. The molecule has 0 bridgehead atoms. The Morgan fingerprint density at radius 2 is 1.89 bits per heavy atom. The van der Waals surface area contributed by atoms with Gasteiger partial charge in [-0.1, -0.05) is 12.1 Å². The Morgan fingerprint density at radius 1 is 1.20 bits per heavy atom. The summed E-state index contributed by atoms with van der Waals surface area (Å²) in [6.07, 6.45) is -5.29. The minimum Gasteiger partial charge on any atom is -0.493 e. The van der Waals surface area contributed by atoms with Gasteiger partial charge in [0, 0.05) is 18.0 Å². The molecular weight excluding hydrogens is 489 g/mol. The molecule has 1 heterocycles. The average molecular weight is 519 g/mol. The number of aromatic nitrogens is 1. The molecule has 0 amide bonds. The minimum absolute atomic E-state index is 0.100. The molecule has 194 valence electrons. The van der Waals surface area contributed by atoms with E-state index in [-0.39, 0.29) is 50.4 Å². The van der Waals surface area contributed by atoms with E-state index in [4.69, 9.17) is 9.47 Å². The van der Waals surface area contributed by atoms with Crippen LogP contribution < -0.4 is 4.74 Å². The van der Waals surface area contributed by atoms with Crippen LogP contribution in [-0.2, 0) is 31.7 Å². The lowest BCUT2D eigenvalue weighted by Gasteiger charge is -2.30. The third-order valence-corrected chi connectivity index (χ3v) is 5.94. The van der Waals surface area contributed by atoms with E-state index < -0.39 is 23.3 Å². The van der Waals surface area contributed by atoms with Crippen LogP contribution >= 0.6 is 11.3 Å². The number of hydrogen-bond donors (Lipinski definition) is 1. The number of alkyl halides is 3. The molecule has 2 unspecified atom stereocenters. The molecule has 2 aromatic rings. The maximum Gasteiger partial charge on any atom is 0.443 e. The third kappa shape index (κ3) is 9.46. The molecule has 0 fully saturated rings. The molecule has 0 saturated heterocycles. The fraction of sp³-hybridized carbons (Fsp3) is 0.522. The first kappa shape index (κ1) is 28.5. The van der Waals surface area contributed by atoms with E-state index in [2.05, 4.69) is 9.72 Å². The number of aliphatic hydroxyl groups is 1. The molecule has 2 rings (SSSR count). The Bertz CT molecular complexity index is 951. The zero-order chi connectivity index (χ0) is 26.0. The van der Waals surface area contributed by atoms with Gasteiger partial charge < -0.3 is 19.3 Å². The Morgan fingerprint density at radius 3 is 2.46 bits per heavy atom. The maximum absolute atomic E-state index is 12.9. The van der Waals surface area contributed by atoms with Crippen molar-refractivity contribution in [3.63, 3.8) is 0 Å². The summed E-state index contributed by atoms with van der Waals surface area (Å²) in [7, 11) is 1.30. The van der Waals surface area contributed by atoms with Gasteiger partial charge in [-0.3, -0.25) is 14.5 Å². The van der Waals surface area contributed by atoms with Gasteiger partial charge in [-0.05, 0) is 38.0 Å². The van der Waals surface area contributed by atoms with Gasteiger partial charge in [0.1, 0.15) is 11.9 Å². The van der Waals surface area contributed by atoms with Crippen molar-refractivity contribution in [2.24, 2.45) is 0 Å². The second-order valence-electron chi connectivity index (χ2n) is 7.70. The standard InChI is InChI=1S/C23H29F3N2O6S/c1-4-33-21(31)13-28(12-19(29)18-14-35-22(27-18)23(24,25)26)15(2)11-16-5-7-17(8-6-16)34-10-9-20(30)32-3/h5-8,14-15,19,29H,4,9-13H2,1-3H3. The predicted octanol–water partition coefficient (Wildman–Crippen LogP) is 3.63. The molecular formula is C23H29F3N2O6S. The summed E-state index contributed by atoms with van der Waals surface area (Å²) in [6.45, 7) is 3.63. The molecule has 12 heteroatoms. The van der Waals surface area contributed by atoms with Crippen molar-refractivity contribution in [2.75, 3.05) is 33.4 Å². The topological polar surface area (TPSA) is 98.2 Å². The number of rotatable bonds is 13. The lowest BCUT2D eigenvalue weighted by molar-refractivity contribution is -0.145. The van der Waals surface area contributed by atoms with E-state index in [0.717, 1.165) is 5.56 Å². The number of ether oxygens (including phenoxy) is 3. The second-order valence-corrected chi connectivity index (χ2v) is 8.56. The number of nitrogens with zero attached hydrogens (tertiary/aromatic N) is 2. The van der Waals surface area contributed by atoms with Crippen LogP contribution in [-0.4, -0.2) is 66.4 Å². The quantitative estimate of drug-likeness (QED) is 0.402. The zero-order valence-corrected chi connectivity index (χ0v) is 20.5. The van der Waals surface area contributed by atoms with Gasteiger partial charge in [-0.2, -0.15) is 13.2 Å². The average Bonchev–Trinajstić information content (AvgIpc) is 3.31. The molecule has 1 aromatic heterocycles. The van der Waals surface area contributed by atoms with E-state index in [9.17, 15) is 27.9 Å². The van der Waals surface area contributed by atoms with Gasteiger partial charge in [-0.25, -0.2) is 4.98 Å². The Balaban J connectivity index is 2.04. The smallest absolute Gasteiger partial charge is 0.443 e. The van der Waals surface area contributed by atoms with E-state index >= 15 is 0 Å². The summed E-state index contributed by atoms with van der Waals surface area (Å²) >= 11 is 0.411. The van der Waals surface area contributed by atoms with Gasteiger partial charge in [-0.15, -0.1) is 11.3 Å². The number of carbonyl (C=O) groups is 2. The number of esters is 2. The molecule has 0 saturated carbocycles. The normalized spacial score (nSPS) is 13.4. The molecule has 0 spiro atoms. The van der Waals surface area contributed by atoms with E-state index in [1.54, 1.807) is 24.0 Å². The lowest BCUT2D eigenvalue weighted by atomic mass is 10.0. The van der Waals surface area contributed by atoms with Crippen molar-refractivity contribution < 1.29 is 42.1 Å². The second kappa shape index (κ2) is 13.4. The van der Waals surface area contributed by atoms with Crippen molar-refractivity contribution in [1.82, 2.24) is 9.88 Å². The van der Waals surface area contributed by atoms with Crippen molar-refractivity contribution in [3.05, 3.63) is 45.9 Å². The minimum atomic E-state index is -4.59. The first-order chi connectivity index (χ1) is 16.5. The zero-order valence-electron chi connectivity index (χ0n) is 19.7.